The SMILES string of the molecule is O=S(=O)(O)CCCS(=O)(=O)O.[KH]. The Bertz CT molecular complexity index is 270. The minimum absolute atomic E-state index is 0. The molecule has 0 radical (unpaired) electrons. The van der Waals surface area contributed by atoms with Crippen LogP contribution in [0.4, 0.5) is 0 Å². The van der Waals surface area contributed by atoms with E-state index in [1.165, 1.54) is 0 Å². The van der Waals surface area contributed by atoms with E-state index in [1.54, 1.807) is 0 Å². The molecule has 0 aliphatic carbocycles. The molecule has 0 saturated carbocycles. The van der Waals surface area contributed by atoms with E-state index in [-0.39, 0.29) is 57.8 Å². The van der Waals surface area contributed by atoms with Gasteiger partial charge in [0.15, 0.2) is 0 Å². The van der Waals surface area contributed by atoms with E-state index in [0.717, 1.165) is 0 Å². The van der Waals surface area contributed by atoms with Gasteiger partial charge in [0.2, 0.25) is 0 Å². The van der Waals surface area contributed by atoms with Crippen LogP contribution in [-0.4, -0.2) is 88.8 Å². The molecule has 0 rings (SSSR count). The third kappa shape index (κ3) is 14.0. The Labute approximate surface area is 114 Å². The molecular weight excluding hydrogens is 235 g/mol. The van der Waals surface area contributed by atoms with Crippen LogP contribution >= 0.6 is 0 Å². The molecular formula is C3H9KO6S2. The summed E-state index contributed by atoms with van der Waals surface area (Å²) in [6, 6.07) is 0. The van der Waals surface area contributed by atoms with Crippen molar-refractivity contribution < 1.29 is 25.9 Å². The van der Waals surface area contributed by atoms with Gasteiger partial charge >= 0.3 is 51.4 Å². The second-order valence-corrected chi connectivity index (χ2v) is 5.07. The van der Waals surface area contributed by atoms with Gasteiger partial charge in [-0.25, -0.2) is 0 Å². The van der Waals surface area contributed by atoms with E-state index in [9.17, 15) is 16.8 Å². The first-order chi connectivity index (χ1) is 4.71. The van der Waals surface area contributed by atoms with Crippen molar-refractivity contribution in [1.82, 2.24) is 0 Å². The van der Waals surface area contributed by atoms with Crippen molar-refractivity contribution in [3.63, 3.8) is 0 Å². The second-order valence-electron chi connectivity index (χ2n) is 1.93. The minimum atomic E-state index is -4.12. The van der Waals surface area contributed by atoms with Gasteiger partial charge in [0.1, 0.15) is 0 Å². The summed E-state index contributed by atoms with van der Waals surface area (Å²) < 4.78 is 56.2. The monoisotopic (exact) mass is 244 g/mol. The van der Waals surface area contributed by atoms with Gasteiger partial charge in [-0.15, -0.1) is 0 Å². The van der Waals surface area contributed by atoms with Crippen molar-refractivity contribution >= 4 is 71.6 Å². The fourth-order valence-corrected chi connectivity index (χ4v) is 1.62. The molecule has 2 N–H and O–H groups in total. The Balaban J connectivity index is 0. The van der Waals surface area contributed by atoms with Crippen molar-refractivity contribution in [3.05, 3.63) is 0 Å². The molecule has 0 heterocycles. The summed E-state index contributed by atoms with van der Waals surface area (Å²) >= 11 is 0. The molecule has 0 fully saturated rings. The van der Waals surface area contributed by atoms with Gasteiger partial charge in [0.05, 0.1) is 11.5 Å². The standard InChI is InChI=1S/C3H8O6S2.K.H/c4-10(5,6)2-1-3-11(7,8)9;;/h1-3H2,(H,4,5,6)(H,7,8,9);;. The molecule has 0 amide bonds. The number of rotatable bonds is 4. The zero-order chi connectivity index (χ0) is 9.12. The van der Waals surface area contributed by atoms with Crippen molar-refractivity contribution in [2.75, 3.05) is 11.5 Å². The first kappa shape index (κ1) is 15.9. The van der Waals surface area contributed by atoms with Crippen molar-refractivity contribution in [3.8, 4) is 0 Å². The Morgan fingerprint density at radius 2 is 1.08 bits per heavy atom. The third-order valence-electron chi connectivity index (χ3n) is 0.805. The average molecular weight is 244 g/mol. The fraction of sp³-hybridized carbons (Fsp3) is 1.00. The fourth-order valence-electron chi connectivity index (χ4n) is 0.424. The zero-order valence-electron chi connectivity index (χ0n) is 5.47. The van der Waals surface area contributed by atoms with Crippen LogP contribution in [-0.2, 0) is 20.2 Å². The molecule has 0 saturated heterocycles. The summed E-state index contributed by atoms with van der Waals surface area (Å²) in [6.07, 6.45) is -0.308. The van der Waals surface area contributed by atoms with Crippen LogP contribution in [0, 0.1) is 0 Å². The summed E-state index contributed by atoms with van der Waals surface area (Å²) in [7, 11) is -8.24. The van der Waals surface area contributed by atoms with Gasteiger partial charge in [-0.2, -0.15) is 16.8 Å². The average Bonchev–Trinajstić information content (AvgIpc) is 1.55. The normalized spacial score (nSPS) is 12.2. The topological polar surface area (TPSA) is 109 Å². The van der Waals surface area contributed by atoms with Gasteiger partial charge in [0, 0.05) is 0 Å². The molecule has 0 aromatic carbocycles. The van der Waals surface area contributed by atoms with E-state index in [0.29, 0.717) is 0 Å². The molecule has 0 aliphatic heterocycles. The molecule has 70 valence electrons. The Hall–Kier alpha value is 1.46. The quantitative estimate of drug-likeness (QED) is 0.460. The van der Waals surface area contributed by atoms with E-state index in [4.69, 9.17) is 9.11 Å². The van der Waals surface area contributed by atoms with Crippen molar-refractivity contribution in [1.29, 1.82) is 0 Å². The Kier molecular flexibility index (Phi) is 8.00. The van der Waals surface area contributed by atoms with Crippen LogP contribution in [0.2, 0.25) is 0 Å². The predicted octanol–water partition coefficient (Wildman–Crippen LogP) is -1.50. The third-order valence-corrected chi connectivity index (χ3v) is 2.41. The van der Waals surface area contributed by atoms with Crippen LogP contribution < -0.4 is 0 Å². The van der Waals surface area contributed by atoms with E-state index in [2.05, 4.69) is 0 Å². The summed E-state index contributed by atoms with van der Waals surface area (Å²) in [4.78, 5) is 0. The predicted molar refractivity (Wildman–Crippen MR) is 44.6 cm³/mol. The molecule has 0 aliphatic rings. The van der Waals surface area contributed by atoms with Crippen LogP contribution in [0.5, 0.6) is 0 Å². The molecule has 6 nitrogen and oxygen atoms in total. The zero-order valence-corrected chi connectivity index (χ0v) is 7.10. The van der Waals surface area contributed by atoms with E-state index < -0.39 is 31.7 Å². The maximum absolute atomic E-state index is 10.00. The van der Waals surface area contributed by atoms with Crippen LogP contribution in [0.3, 0.4) is 0 Å². The Morgan fingerprint density at radius 1 is 0.833 bits per heavy atom. The van der Waals surface area contributed by atoms with Crippen LogP contribution in [0.25, 0.3) is 0 Å². The molecule has 0 aromatic rings. The maximum atomic E-state index is 10.00. The summed E-state index contributed by atoms with van der Waals surface area (Å²) in [5.41, 5.74) is 0. The van der Waals surface area contributed by atoms with Gasteiger partial charge in [-0.3, -0.25) is 9.11 Å². The second kappa shape index (κ2) is 6.04. The molecule has 0 atom stereocenters. The summed E-state index contributed by atoms with van der Waals surface area (Å²) in [5.74, 6) is -1.32. The summed E-state index contributed by atoms with van der Waals surface area (Å²) in [6.45, 7) is 0. The molecule has 12 heavy (non-hydrogen) atoms. The van der Waals surface area contributed by atoms with Gasteiger partial charge in [0.25, 0.3) is 20.2 Å². The molecule has 0 spiro atoms. The first-order valence-corrected chi connectivity index (χ1v) is 5.83. The number of hydrogen-bond donors (Lipinski definition) is 2. The molecule has 0 aromatic heterocycles. The van der Waals surface area contributed by atoms with E-state index >= 15 is 0 Å². The van der Waals surface area contributed by atoms with Crippen molar-refractivity contribution in [2.24, 2.45) is 0 Å². The van der Waals surface area contributed by atoms with E-state index in [1.807, 2.05) is 0 Å². The van der Waals surface area contributed by atoms with Gasteiger partial charge in [-0.05, 0) is 6.42 Å². The molecule has 0 bridgehead atoms. The van der Waals surface area contributed by atoms with Crippen LogP contribution in [0.1, 0.15) is 6.42 Å². The van der Waals surface area contributed by atoms with Gasteiger partial charge < -0.3 is 0 Å². The first-order valence-electron chi connectivity index (χ1n) is 2.61. The molecule has 9 heteroatoms. The summed E-state index contributed by atoms with van der Waals surface area (Å²) in [5, 5.41) is 0. The van der Waals surface area contributed by atoms with Crippen LogP contribution in [0.15, 0.2) is 0 Å². The molecule has 0 unspecified atom stereocenters. The Morgan fingerprint density at radius 3 is 1.25 bits per heavy atom. The van der Waals surface area contributed by atoms with Crippen molar-refractivity contribution in [2.45, 2.75) is 6.42 Å². The van der Waals surface area contributed by atoms with Gasteiger partial charge in [-0.1, -0.05) is 0 Å². The number of hydrogen-bond acceptors (Lipinski definition) is 4.